The molecule has 1 N–H and O–H groups in total. The Morgan fingerprint density at radius 2 is 1.86 bits per heavy atom. The molecule has 0 radical (unpaired) electrons. The summed E-state index contributed by atoms with van der Waals surface area (Å²) in [6, 6.07) is 13.1. The van der Waals surface area contributed by atoms with Crippen molar-refractivity contribution < 1.29 is 19.1 Å². The number of ether oxygens (including phenoxy) is 1. The maximum atomic E-state index is 13.0. The van der Waals surface area contributed by atoms with E-state index in [2.05, 4.69) is 10.3 Å². The van der Waals surface area contributed by atoms with Crippen molar-refractivity contribution in [1.82, 2.24) is 24.8 Å². The van der Waals surface area contributed by atoms with Crippen molar-refractivity contribution in [3.63, 3.8) is 0 Å². The number of nitrogens with zero attached hydrogens (tertiary/aromatic N) is 4. The lowest BCUT2D eigenvalue weighted by Crippen LogP contribution is -2.39. The second kappa shape index (κ2) is 12.8. The minimum atomic E-state index is -0.525. The van der Waals surface area contributed by atoms with Gasteiger partial charge in [0.05, 0.1) is 17.6 Å². The number of hydrogen-bond acceptors (Lipinski definition) is 6. The molecule has 2 aromatic heterocycles. The second-order valence-electron chi connectivity index (χ2n) is 9.27. The molecule has 2 amide bonds. The molecule has 1 aliphatic rings. The minimum absolute atomic E-state index is 0.0701. The summed E-state index contributed by atoms with van der Waals surface area (Å²) in [6.45, 7) is 4.43. The van der Waals surface area contributed by atoms with E-state index in [4.69, 9.17) is 9.72 Å². The Bertz CT molecular complexity index is 1190. The van der Waals surface area contributed by atoms with E-state index in [1.165, 1.54) is 0 Å². The Labute approximate surface area is 216 Å². The summed E-state index contributed by atoms with van der Waals surface area (Å²) in [6.07, 6.45) is 7.28. The highest BCUT2D eigenvalue weighted by molar-refractivity contribution is 5.95. The predicted octanol–water partition coefficient (Wildman–Crippen LogP) is 3.25. The molecule has 1 aromatic carbocycles. The van der Waals surface area contributed by atoms with Crippen LogP contribution >= 0.6 is 0 Å². The Kier molecular flexibility index (Phi) is 9.02. The van der Waals surface area contributed by atoms with Crippen molar-refractivity contribution in [2.45, 2.75) is 51.7 Å². The van der Waals surface area contributed by atoms with E-state index in [0.29, 0.717) is 38.0 Å². The molecule has 0 bridgehead atoms. The number of imidazole rings is 1. The van der Waals surface area contributed by atoms with Crippen molar-refractivity contribution in [1.29, 1.82) is 0 Å². The van der Waals surface area contributed by atoms with E-state index in [0.717, 1.165) is 29.9 Å². The fraction of sp³-hybridized carbons (Fsp3) is 0.393. The van der Waals surface area contributed by atoms with Crippen molar-refractivity contribution in [2.75, 3.05) is 19.6 Å². The molecule has 4 rings (SSSR count). The second-order valence-corrected chi connectivity index (χ2v) is 9.27. The number of nitrogens with one attached hydrogen (secondary N) is 1. The molecule has 37 heavy (non-hydrogen) atoms. The predicted molar refractivity (Wildman–Crippen MR) is 138 cm³/mol. The number of esters is 1. The number of rotatable bonds is 10. The van der Waals surface area contributed by atoms with Crippen LogP contribution in [0.3, 0.4) is 0 Å². The van der Waals surface area contributed by atoms with Crippen molar-refractivity contribution in [3.8, 4) is 0 Å². The topological polar surface area (TPSA) is 106 Å². The number of benzene rings is 1. The molecule has 9 nitrogen and oxygen atoms in total. The van der Waals surface area contributed by atoms with Gasteiger partial charge < -0.3 is 19.5 Å². The summed E-state index contributed by atoms with van der Waals surface area (Å²) >= 11 is 0. The standard InChI is InChI=1S/C28H33N5O4/c1-21-8-9-24(28(36)30-12-5-14-32-17-13-29-20-32)27(31-21)23-10-15-33(16-11-23)25(34)18-26(35)37-19-22-6-3-2-4-7-22/h2-4,6-9,13,17,20,23H,5,10-12,14-16,18-19H2,1H3,(H,30,36). The molecule has 1 saturated heterocycles. The van der Waals surface area contributed by atoms with E-state index >= 15 is 0 Å². The number of piperidine rings is 1. The fourth-order valence-electron chi connectivity index (χ4n) is 4.48. The third-order valence-electron chi connectivity index (χ3n) is 6.52. The van der Waals surface area contributed by atoms with Gasteiger partial charge in [-0.1, -0.05) is 30.3 Å². The highest BCUT2D eigenvalue weighted by atomic mass is 16.5. The summed E-state index contributed by atoms with van der Waals surface area (Å²) in [5.41, 5.74) is 3.10. The highest BCUT2D eigenvalue weighted by Crippen LogP contribution is 2.29. The first kappa shape index (κ1) is 26.1. The van der Waals surface area contributed by atoms with Crippen LogP contribution in [0.4, 0.5) is 0 Å². The van der Waals surface area contributed by atoms with Crippen LogP contribution in [0, 0.1) is 6.92 Å². The molecule has 3 aromatic rings. The third kappa shape index (κ3) is 7.49. The first-order valence-corrected chi connectivity index (χ1v) is 12.7. The van der Waals surface area contributed by atoms with Crippen LogP contribution < -0.4 is 5.32 Å². The summed E-state index contributed by atoms with van der Waals surface area (Å²) in [4.78, 5) is 48.2. The van der Waals surface area contributed by atoms with Gasteiger partial charge in [-0.15, -0.1) is 0 Å². The smallest absolute Gasteiger partial charge is 0.315 e. The van der Waals surface area contributed by atoms with Crippen LogP contribution in [0.2, 0.25) is 0 Å². The van der Waals surface area contributed by atoms with Gasteiger partial charge in [0.15, 0.2) is 0 Å². The lowest BCUT2D eigenvalue weighted by molar-refractivity contribution is -0.150. The number of carbonyl (C=O) groups excluding carboxylic acids is 3. The van der Waals surface area contributed by atoms with Crippen LogP contribution in [-0.4, -0.2) is 56.9 Å². The Morgan fingerprint density at radius 1 is 1.08 bits per heavy atom. The van der Waals surface area contributed by atoms with Gasteiger partial charge in [-0.2, -0.15) is 0 Å². The maximum absolute atomic E-state index is 13.0. The molecule has 0 atom stereocenters. The number of amides is 2. The van der Waals surface area contributed by atoms with Gasteiger partial charge in [0.25, 0.3) is 5.91 Å². The van der Waals surface area contributed by atoms with Crippen molar-refractivity contribution in [3.05, 3.63) is 83.7 Å². The Hall–Kier alpha value is -4.01. The van der Waals surface area contributed by atoms with Gasteiger partial charge in [-0.05, 0) is 43.9 Å². The highest BCUT2D eigenvalue weighted by Gasteiger charge is 2.28. The fourth-order valence-corrected chi connectivity index (χ4v) is 4.48. The molecule has 9 heteroatoms. The zero-order chi connectivity index (χ0) is 26.0. The van der Waals surface area contributed by atoms with Gasteiger partial charge >= 0.3 is 5.97 Å². The van der Waals surface area contributed by atoms with E-state index in [1.54, 1.807) is 17.4 Å². The third-order valence-corrected chi connectivity index (χ3v) is 6.52. The molecule has 0 aliphatic carbocycles. The van der Waals surface area contributed by atoms with Crippen LogP contribution in [-0.2, 0) is 27.5 Å². The number of aryl methyl sites for hydroxylation is 2. The van der Waals surface area contributed by atoms with Crippen LogP contribution in [0.1, 0.15) is 58.9 Å². The average Bonchev–Trinajstić information content (AvgIpc) is 3.44. The molecule has 0 saturated carbocycles. The summed E-state index contributed by atoms with van der Waals surface area (Å²) < 4.78 is 7.23. The molecule has 194 valence electrons. The first-order chi connectivity index (χ1) is 18.0. The molecule has 3 heterocycles. The first-order valence-electron chi connectivity index (χ1n) is 12.7. The zero-order valence-electron chi connectivity index (χ0n) is 21.1. The van der Waals surface area contributed by atoms with Gasteiger partial charge in [0.1, 0.15) is 13.0 Å². The largest absolute Gasteiger partial charge is 0.460 e. The number of hydrogen-bond donors (Lipinski definition) is 1. The van der Waals surface area contributed by atoms with Crippen molar-refractivity contribution in [2.24, 2.45) is 0 Å². The number of likely N-dealkylation sites (tertiary alicyclic amines) is 1. The lowest BCUT2D eigenvalue weighted by atomic mass is 9.89. The van der Waals surface area contributed by atoms with Gasteiger partial charge in [-0.25, -0.2) is 4.98 Å². The van der Waals surface area contributed by atoms with E-state index < -0.39 is 5.97 Å². The SMILES string of the molecule is Cc1ccc(C(=O)NCCCn2ccnc2)c(C2CCN(C(=O)CC(=O)OCc3ccccc3)CC2)n1. The van der Waals surface area contributed by atoms with Crippen LogP contribution in [0.5, 0.6) is 0 Å². The molecular weight excluding hydrogens is 470 g/mol. The van der Waals surface area contributed by atoms with Gasteiger partial charge in [0.2, 0.25) is 5.91 Å². The van der Waals surface area contributed by atoms with Gasteiger partial charge in [-0.3, -0.25) is 19.4 Å². The quantitative estimate of drug-likeness (QED) is 0.259. The average molecular weight is 504 g/mol. The Balaban J connectivity index is 1.26. The van der Waals surface area contributed by atoms with Crippen LogP contribution in [0.15, 0.2) is 61.2 Å². The Morgan fingerprint density at radius 3 is 2.59 bits per heavy atom. The van der Waals surface area contributed by atoms with Gasteiger partial charge in [0, 0.05) is 50.2 Å². The summed E-state index contributed by atoms with van der Waals surface area (Å²) in [7, 11) is 0. The molecule has 1 fully saturated rings. The van der Waals surface area contributed by atoms with Crippen molar-refractivity contribution >= 4 is 17.8 Å². The lowest BCUT2D eigenvalue weighted by Gasteiger charge is -2.32. The minimum Gasteiger partial charge on any atom is -0.460 e. The molecule has 0 spiro atoms. The molecular formula is C28H33N5O4. The summed E-state index contributed by atoms with van der Waals surface area (Å²) in [5, 5.41) is 3.00. The number of carbonyl (C=O) groups is 3. The monoisotopic (exact) mass is 503 g/mol. The van der Waals surface area contributed by atoms with E-state index in [-0.39, 0.29) is 30.8 Å². The normalized spacial score (nSPS) is 13.8. The van der Waals surface area contributed by atoms with E-state index in [1.807, 2.05) is 60.2 Å². The van der Waals surface area contributed by atoms with Crippen LogP contribution in [0.25, 0.3) is 0 Å². The molecule has 1 aliphatic heterocycles. The number of pyridine rings is 1. The number of aromatic nitrogens is 3. The maximum Gasteiger partial charge on any atom is 0.315 e. The summed E-state index contributed by atoms with van der Waals surface area (Å²) in [5.74, 6) is -0.818. The van der Waals surface area contributed by atoms with E-state index in [9.17, 15) is 14.4 Å². The zero-order valence-corrected chi connectivity index (χ0v) is 21.1. The molecule has 0 unspecified atom stereocenters.